The van der Waals surface area contributed by atoms with Crippen LogP contribution in [0.15, 0.2) is 24.3 Å². The molecule has 0 aliphatic rings. The van der Waals surface area contributed by atoms with E-state index < -0.39 is 0 Å². The fourth-order valence-electron chi connectivity index (χ4n) is 1.91. The molecule has 20 heavy (non-hydrogen) atoms. The summed E-state index contributed by atoms with van der Waals surface area (Å²) in [6.07, 6.45) is 0.321. The number of carbonyl (C=O) groups excluding carboxylic acids is 1. The van der Waals surface area contributed by atoms with Gasteiger partial charge in [-0.1, -0.05) is 29.8 Å². The second-order valence-corrected chi connectivity index (χ2v) is 6.03. The first-order valence-corrected chi connectivity index (χ1v) is 7.18. The summed E-state index contributed by atoms with van der Waals surface area (Å²) < 4.78 is 0. The van der Waals surface area contributed by atoms with Crippen molar-refractivity contribution in [3.05, 3.63) is 51.4 Å². The van der Waals surface area contributed by atoms with Crippen molar-refractivity contribution in [2.75, 3.05) is 5.32 Å². The van der Waals surface area contributed by atoms with E-state index in [1.54, 1.807) is 0 Å². The molecule has 4 heteroatoms. The molecule has 102 valence electrons. The van der Waals surface area contributed by atoms with Gasteiger partial charge < -0.3 is 5.32 Å². The molecule has 1 aromatic heterocycles. The zero-order valence-electron chi connectivity index (χ0n) is 11.8. The Labute approximate surface area is 122 Å². The number of benzene rings is 1. The van der Waals surface area contributed by atoms with Gasteiger partial charge in [-0.25, -0.2) is 0 Å². The molecule has 0 fully saturated rings. The van der Waals surface area contributed by atoms with E-state index in [1.807, 2.05) is 45.0 Å². The topological polar surface area (TPSA) is 52.9 Å². The molecule has 0 spiro atoms. The van der Waals surface area contributed by atoms with Gasteiger partial charge in [0.2, 0.25) is 5.91 Å². The number of hydrogen-bond donors (Lipinski definition) is 1. The van der Waals surface area contributed by atoms with Crippen LogP contribution < -0.4 is 5.32 Å². The summed E-state index contributed by atoms with van der Waals surface area (Å²) in [5, 5.41) is 12.6. The van der Waals surface area contributed by atoms with E-state index in [9.17, 15) is 4.79 Å². The lowest BCUT2D eigenvalue weighted by atomic mass is 10.1. The third-order valence-corrected chi connectivity index (χ3v) is 4.36. The fourth-order valence-corrected chi connectivity index (χ4v) is 2.94. The molecule has 0 atom stereocenters. The van der Waals surface area contributed by atoms with E-state index in [1.165, 1.54) is 16.9 Å². The lowest BCUT2D eigenvalue weighted by molar-refractivity contribution is -0.115. The highest BCUT2D eigenvalue weighted by molar-refractivity contribution is 7.16. The predicted molar refractivity (Wildman–Crippen MR) is 82.0 cm³/mol. The first-order valence-electron chi connectivity index (χ1n) is 6.36. The highest BCUT2D eigenvalue weighted by atomic mass is 32.1. The summed E-state index contributed by atoms with van der Waals surface area (Å²) in [5.74, 6) is -0.0911. The first-order chi connectivity index (χ1) is 9.51. The summed E-state index contributed by atoms with van der Waals surface area (Å²) >= 11 is 1.45. The Balaban J connectivity index is 2.11. The minimum Gasteiger partial charge on any atom is -0.316 e. The summed E-state index contributed by atoms with van der Waals surface area (Å²) in [5.41, 5.74) is 3.66. The SMILES string of the molecule is Cc1ccc(CC(=O)Nc2sc(C)c(C)c2C#N)cc1. The molecular formula is C16H16N2OS. The maximum absolute atomic E-state index is 12.0. The molecule has 0 aliphatic heterocycles. The molecule has 1 N–H and O–H groups in total. The fraction of sp³-hybridized carbons (Fsp3) is 0.250. The number of nitrogens with zero attached hydrogens (tertiary/aromatic N) is 1. The number of amides is 1. The van der Waals surface area contributed by atoms with Crippen molar-refractivity contribution < 1.29 is 4.79 Å². The van der Waals surface area contributed by atoms with E-state index in [-0.39, 0.29) is 5.91 Å². The van der Waals surface area contributed by atoms with Crippen LogP contribution in [0.25, 0.3) is 0 Å². The lowest BCUT2D eigenvalue weighted by Crippen LogP contribution is -2.14. The van der Waals surface area contributed by atoms with E-state index in [4.69, 9.17) is 5.26 Å². The normalized spacial score (nSPS) is 10.1. The van der Waals surface area contributed by atoms with Crippen molar-refractivity contribution in [1.29, 1.82) is 5.26 Å². The summed E-state index contributed by atoms with van der Waals surface area (Å²) in [7, 11) is 0. The second-order valence-electron chi connectivity index (χ2n) is 4.81. The Hall–Kier alpha value is -2.12. The van der Waals surface area contributed by atoms with Crippen LogP contribution in [-0.2, 0) is 11.2 Å². The molecule has 1 aromatic carbocycles. The Bertz CT molecular complexity index is 678. The van der Waals surface area contributed by atoms with Gasteiger partial charge in [-0.15, -0.1) is 11.3 Å². The largest absolute Gasteiger partial charge is 0.316 e. The molecule has 2 aromatic rings. The van der Waals surface area contributed by atoms with Crippen LogP contribution in [0.1, 0.15) is 27.1 Å². The number of rotatable bonds is 3. The molecule has 0 aliphatic carbocycles. The van der Waals surface area contributed by atoms with Gasteiger partial charge >= 0.3 is 0 Å². The highest BCUT2D eigenvalue weighted by Crippen LogP contribution is 2.31. The second kappa shape index (κ2) is 5.89. The van der Waals surface area contributed by atoms with Crippen LogP contribution in [0.5, 0.6) is 0 Å². The van der Waals surface area contributed by atoms with Gasteiger partial charge in [0.05, 0.1) is 12.0 Å². The third-order valence-electron chi connectivity index (χ3n) is 3.24. The van der Waals surface area contributed by atoms with Gasteiger partial charge in [0.1, 0.15) is 11.1 Å². The first kappa shape index (κ1) is 14.3. The predicted octanol–water partition coefficient (Wildman–Crippen LogP) is 3.73. The van der Waals surface area contributed by atoms with Gasteiger partial charge in [-0.2, -0.15) is 5.26 Å². The summed E-state index contributed by atoms with van der Waals surface area (Å²) in [6.45, 7) is 5.87. The molecule has 0 saturated carbocycles. The molecule has 0 saturated heterocycles. The van der Waals surface area contributed by atoms with Crippen molar-refractivity contribution in [3.8, 4) is 6.07 Å². The van der Waals surface area contributed by atoms with Gasteiger partial charge in [0, 0.05) is 4.88 Å². The van der Waals surface area contributed by atoms with Crippen LogP contribution in [0.4, 0.5) is 5.00 Å². The Morgan fingerprint density at radius 2 is 1.90 bits per heavy atom. The van der Waals surface area contributed by atoms with Crippen LogP contribution in [0, 0.1) is 32.1 Å². The molecule has 0 bridgehead atoms. The molecular weight excluding hydrogens is 268 g/mol. The molecule has 2 rings (SSSR count). The molecule has 3 nitrogen and oxygen atoms in total. The number of aryl methyl sites for hydroxylation is 2. The van der Waals surface area contributed by atoms with Crippen LogP contribution in [-0.4, -0.2) is 5.91 Å². The molecule has 0 unspecified atom stereocenters. The van der Waals surface area contributed by atoms with Crippen molar-refractivity contribution in [3.63, 3.8) is 0 Å². The van der Waals surface area contributed by atoms with E-state index in [2.05, 4.69) is 11.4 Å². The Kier molecular flexibility index (Phi) is 4.21. The minimum atomic E-state index is -0.0911. The molecule has 0 radical (unpaired) electrons. The van der Waals surface area contributed by atoms with E-state index in [0.717, 1.165) is 16.0 Å². The minimum absolute atomic E-state index is 0.0911. The van der Waals surface area contributed by atoms with Crippen molar-refractivity contribution in [2.24, 2.45) is 0 Å². The zero-order valence-corrected chi connectivity index (χ0v) is 12.6. The average molecular weight is 284 g/mol. The number of nitriles is 1. The number of carbonyl (C=O) groups is 1. The van der Waals surface area contributed by atoms with Crippen molar-refractivity contribution in [2.45, 2.75) is 27.2 Å². The highest BCUT2D eigenvalue weighted by Gasteiger charge is 2.14. The molecule has 1 amide bonds. The number of anilines is 1. The third kappa shape index (κ3) is 3.06. The Morgan fingerprint density at radius 3 is 2.50 bits per heavy atom. The number of thiophene rings is 1. The maximum Gasteiger partial charge on any atom is 0.229 e. The average Bonchev–Trinajstić information content (AvgIpc) is 2.67. The van der Waals surface area contributed by atoms with Crippen LogP contribution in [0.3, 0.4) is 0 Å². The summed E-state index contributed by atoms with van der Waals surface area (Å²) in [4.78, 5) is 13.1. The number of hydrogen-bond acceptors (Lipinski definition) is 3. The standard InChI is InChI=1S/C16H16N2OS/c1-10-4-6-13(7-5-10)8-15(19)18-16-14(9-17)11(2)12(3)20-16/h4-7H,8H2,1-3H3,(H,18,19). The van der Waals surface area contributed by atoms with E-state index in [0.29, 0.717) is 17.0 Å². The van der Waals surface area contributed by atoms with Gasteiger partial charge in [0.15, 0.2) is 0 Å². The van der Waals surface area contributed by atoms with Gasteiger partial charge in [-0.3, -0.25) is 4.79 Å². The zero-order chi connectivity index (χ0) is 14.7. The van der Waals surface area contributed by atoms with Crippen molar-refractivity contribution in [1.82, 2.24) is 0 Å². The van der Waals surface area contributed by atoms with Crippen LogP contribution >= 0.6 is 11.3 Å². The lowest BCUT2D eigenvalue weighted by Gasteiger charge is -2.04. The smallest absolute Gasteiger partial charge is 0.229 e. The summed E-state index contributed by atoms with van der Waals surface area (Å²) in [6, 6.07) is 10.0. The number of nitrogens with one attached hydrogen (secondary N) is 1. The quantitative estimate of drug-likeness (QED) is 0.933. The van der Waals surface area contributed by atoms with Gasteiger partial charge in [-0.05, 0) is 31.9 Å². The van der Waals surface area contributed by atoms with Crippen LogP contribution in [0.2, 0.25) is 0 Å². The van der Waals surface area contributed by atoms with E-state index >= 15 is 0 Å². The molecule has 1 heterocycles. The Morgan fingerprint density at radius 1 is 1.25 bits per heavy atom. The maximum atomic E-state index is 12.0. The van der Waals surface area contributed by atoms with Gasteiger partial charge in [0.25, 0.3) is 0 Å². The van der Waals surface area contributed by atoms with Crippen molar-refractivity contribution >= 4 is 22.2 Å². The monoisotopic (exact) mass is 284 g/mol.